The first-order chi connectivity index (χ1) is 10.9. The fourth-order valence-corrected chi connectivity index (χ4v) is 4.18. The van der Waals surface area contributed by atoms with Crippen molar-refractivity contribution < 1.29 is 13.2 Å². The summed E-state index contributed by atoms with van der Waals surface area (Å²) in [6, 6.07) is 6.06. The van der Waals surface area contributed by atoms with Crippen molar-refractivity contribution in [2.75, 3.05) is 25.4 Å². The van der Waals surface area contributed by atoms with Crippen molar-refractivity contribution >= 4 is 27.3 Å². The summed E-state index contributed by atoms with van der Waals surface area (Å²) >= 11 is 5.78. The van der Waals surface area contributed by atoms with Crippen molar-refractivity contribution in [3.8, 4) is 0 Å². The fraction of sp³-hybridized carbons (Fsp3) is 0.562. The second kappa shape index (κ2) is 8.13. The Kier molecular flexibility index (Phi) is 6.44. The highest BCUT2D eigenvalue weighted by Gasteiger charge is 2.28. The number of nitrogens with zero attached hydrogens (tertiary/aromatic N) is 1. The fourth-order valence-electron chi connectivity index (χ4n) is 2.84. The predicted octanol–water partition coefficient (Wildman–Crippen LogP) is 2.10. The first-order valence-electron chi connectivity index (χ1n) is 7.92. The maximum Gasteiger partial charge on any atom is 0.238 e. The number of hydrogen-bond acceptors (Lipinski definition) is 4. The summed E-state index contributed by atoms with van der Waals surface area (Å²) in [6.07, 6.45) is 2.55. The van der Waals surface area contributed by atoms with Crippen LogP contribution in [0.25, 0.3) is 0 Å². The number of nitrogens with one attached hydrogen (secondary N) is 1. The Bertz CT molecular complexity index is 625. The summed E-state index contributed by atoms with van der Waals surface area (Å²) in [5.41, 5.74) is 0. The van der Waals surface area contributed by atoms with Crippen LogP contribution in [0, 0.1) is 0 Å². The molecule has 1 aliphatic heterocycles. The molecule has 1 aliphatic rings. The number of piperidine rings is 1. The number of hydrogen-bond donors (Lipinski definition) is 1. The van der Waals surface area contributed by atoms with Crippen LogP contribution in [0.15, 0.2) is 29.2 Å². The van der Waals surface area contributed by atoms with E-state index < -0.39 is 15.6 Å². The highest BCUT2D eigenvalue weighted by Crippen LogP contribution is 2.18. The zero-order valence-electron chi connectivity index (χ0n) is 13.3. The van der Waals surface area contributed by atoms with Crippen LogP contribution in [0.2, 0.25) is 5.02 Å². The molecule has 0 atom stereocenters. The smallest absolute Gasteiger partial charge is 0.238 e. The first-order valence-corrected chi connectivity index (χ1v) is 9.95. The largest absolute Gasteiger partial charge is 0.339 e. The minimum atomic E-state index is -3.64. The van der Waals surface area contributed by atoms with Gasteiger partial charge >= 0.3 is 0 Å². The van der Waals surface area contributed by atoms with Gasteiger partial charge in [-0.2, -0.15) is 0 Å². The van der Waals surface area contributed by atoms with Gasteiger partial charge in [-0.05, 0) is 56.6 Å². The van der Waals surface area contributed by atoms with E-state index >= 15 is 0 Å². The van der Waals surface area contributed by atoms with Crippen molar-refractivity contribution in [2.24, 2.45) is 0 Å². The van der Waals surface area contributed by atoms with Gasteiger partial charge in [-0.3, -0.25) is 4.79 Å². The zero-order chi connectivity index (χ0) is 16.9. The van der Waals surface area contributed by atoms with Gasteiger partial charge < -0.3 is 10.2 Å². The monoisotopic (exact) mass is 358 g/mol. The summed E-state index contributed by atoms with van der Waals surface area (Å²) < 4.78 is 24.9. The van der Waals surface area contributed by atoms with Crippen LogP contribution in [0.1, 0.15) is 26.2 Å². The molecule has 0 aliphatic carbocycles. The Morgan fingerprint density at radius 3 is 2.43 bits per heavy atom. The maximum atomic E-state index is 12.6. The minimum Gasteiger partial charge on any atom is -0.339 e. The topological polar surface area (TPSA) is 66.5 Å². The van der Waals surface area contributed by atoms with E-state index in [1.165, 1.54) is 24.3 Å². The molecule has 23 heavy (non-hydrogen) atoms. The second-order valence-electron chi connectivity index (χ2n) is 5.78. The highest BCUT2D eigenvalue weighted by molar-refractivity contribution is 7.92. The Morgan fingerprint density at radius 2 is 1.87 bits per heavy atom. The average Bonchev–Trinajstić information content (AvgIpc) is 2.53. The van der Waals surface area contributed by atoms with E-state index in [1.54, 1.807) is 4.90 Å². The van der Waals surface area contributed by atoms with Gasteiger partial charge in [0.15, 0.2) is 9.84 Å². The third-order valence-corrected chi connectivity index (χ3v) is 5.89. The van der Waals surface area contributed by atoms with Crippen LogP contribution in [0.4, 0.5) is 0 Å². The lowest BCUT2D eigenvalue weighted by molar-refractivity contribution is -0.131. The molecule has 2 rings (SSSR count). The van der Waals surface area contributed by atoms with E-state index in [-0.39, 0.29) is 16.8 Å². The number of carbonyl (C=O) groups is 1. The summed E-state index contributed by atoms with van der Waals surface area (Å²) in [5, 5.41) is 3.73. The van der Waals surface area contributed by atoms with Crippen molar-refractivity contribution in [2.45, 2.75) is 37.1 Å². The quantitative estimate of drug-likeness (QED) is 0.845. The first kappa shape index (κ1) is 18.2. The van der Waals surface area contributed by atoms with Gasteiger partial charge in [-0.25, -0.2) is 8.42 Å². The van der Waals surface area contributed by atoms with Gasteiger partial charge in [0.2, 0.25) is 5.91 Å². The molecule has 7 heteroatoms. The molecular weight excluding hydrogens is 336 g/mol. The van der Waals surface area contributed by atoms with Gasteiger partial charge in [0.1, 0.15) is 5.75 Å². The molecule has 0 unspecified atom stereocenters. The molecule has 1 heterocycles. The molecular formula is C16H23ClN2O3S. The molecule has 128 valence electrons. The van der Waals surface area contributed by atoms with E-state index in [0.29, 0.717) is 11.6 Å². The average molecular weight is 359 g/mol. The second-order valence-corrected chi connectivity index (χ2v) is 8.21. The van der Waals surface area contributed by atoms with Gasteiger partial charge in [0.05, 0.1) is 4.90 Å². The van der Waals surface area contributed by atoms with Crippen molar-refractivity contribution in [1.82, 2.24) is 10.2 Å². The van der Waals surface area contributed by atoms with Crippen LogP contribution >= 0.6 is 11.6 Å². The zero-order valence-corrected chi connectivity index (χ0v) is 14.9. The molecule has 1 fully saturated rings. The molecule has 1 N–H and O–H groups in total. The van der Waals surface area contributed by atoms with Crippen molar-refractivity contribution in [1.29, 1.82) is 0 Å². The number of amides is 1. The molecule has 0 aromatic heterocycles. The number of halogens is 1. The Balaban J connectivity index is 2.11. The Morgan fingerprint density at radius 1 is 1.26 bits per heavy atom. The third kappa shape index (κ3) is 4.93. The van der Waals surface area contributed by atoms with E-state index in [2.05, 4.69) is 5.32 Å². The molecule has 0 radical (unpaired) electrons. The standard InChI is InChI=1S/C16H23ClN2O3S/c1-2-11-19(14-7-9-18-10-8-14)16(20)12-23(21,22)15-5-3-13(17)4-6-15/h3-6,14,18H,2,7-12H2,1H3. The van der Waals surface area contributed by atoms with Crippen molar-refractivity contribution in [3.63, 3.8) is 0 Å². The molecule has 0 saturated carbocycles. The molecule has 1 amide bonds. The van der Waals surface area contributed by atoms with Gasteiger partial charge in [0.25, 0.3) is 0 Å². The maximum absolute atomic E-state index is 12.6. The summed E-state index contributed by atoms with van der Waals surface area (Å²) in [5.74, 6) is -0.799. The van der Waals surface area contributed by atoms with E-state index in [1.807, 2.05) is 6.92 Å². The van der Waals surface area contributed by atoms with Crippen LogP contribution in [0.3, 0.4) is 0 Å². The normalized spacial score (nSPS) is 16.3. The highest BCUT2D eigenvalue weighted by atomic mass is 35.5. The Labute approximate surface area is 142 Å². The molecule has 5 nitrogen and oxygen atoms in total. The lowest BCUT2D eigenvalue weighted by Gasteiger charge is -2.34. The number of sulfone groups is 1. The summed E-state index contributed by atoms with van der Waals surface area (Å²) in [6.45, 7) is 4.32. The molecule has 1 aromatic carbocycles. The van der Waals surface area contributed by atoms with Crippen LogP contribution < -0.4 is 5.32 Å². The third-order valence-electron chi connectivity index (χ3n) is 4.02. The molecule has 1 saturated heterocycles. The predicted molar refractivity (Wildman–Crippen MR) is 91.4 cm³/mol. The SMILES string of the molecule is CCCN(C(=O)CS(=O)(=O)c1ccc(Cl)cc1)C1CCNCC1. The summed E-state index contributed by atoms with van der Waals surface area (Å²) in [4.78, 5) is 14.5. The molecule has 1 aromatic rings. The molecule has 0 spiro atoms. The summed E-state index contributed by atoms with van der Waals surface area (Å²) in [7, 11) is -3.64. The van der Waals surface area contributed by atoms with Gasteiger partial charge in [-0.15, -0.1) is 0 Å². The van der Waals surface area contributed by atoms with Crippen LogP contribution in [-0.2, 0) is 14.6 Å². The number of carbonyl (C=O) groups excluding carboxylic acids is 1. The number of benzene rings is 1. The van der Waals surface area contributed by atoms with E-state index in [4.69, 9.17) is 11.6 Å². The van der Waals surface area contributed by atoms with Crippen LogP contribution in [-0.4, -0.2) is 50.7 Å². The van der Waals surface area contributed by atoms with E-state index in [9.17, 15) is 13.2 Å². The molecule has 0 bridgehead atoms. The van der Waals surface area contributed by atoms with Gasteiger partial charge in [-0.1, -0.05) is 18.5 Å². The number of rotatable bonds is 6. The lowest BCUT2D eigenvalue weighted by Crippen LogP contribution is -2.48. The van der Waals surface area contributed by atoms with E-state index in [0.717, 1.165) is 32.4 Å². The van der Waals surface area contributed by atoms with Gasteiger partial charge in [0, 0.05) is 17.6 Å². The lowest BCUT2D eigenvalue weighted by atomic mass is 10.0. The van der Waals surface area contributed by atoms with Crippen molar-refractivity contribution in [3.05, 3.63) is 29.3 Å². The van der Waals surface area contributed by atoms with Crippen LogP contribution in [0.5, 0.6) is 0 Å². The Hall–Kier alpha value is -1.11. The minimum absolute atomic E-state index is 0.129.